The van der Waals surface area contributed by atoms with E-state index in [2.05, 4.69) is 15.6 Å². The number of anilines is 2. The number of aromatic nitrogens is 1. The van der Waals surface area contributed by atoms with Gasteiger partial charge in [-0.2, -0.15) is 0 Å². The maximum Gasteiger partial charge on any atom is 0.270 e. The minimum Gasteiger partial charge on any atom is -0.508 e. The molecular weight excluding hydrogens is 406 g/mol. The lowest BCUT2D eigenvalue weighted by Crippen LogP contribution is -2.40. The Hall–Kier alpha value is -3.59. The highest BCUT2D eigenvalue weighted by Gasteiger charge is 2.28. The molecule has 3 N–H and O–H groups in total. The minimum absolute atomic E-state index is 0.0284. The SMILES string of the molecule is O=C1CCc2cc(-c3csc(NC(=O)C4COc5ccc(O)cc5O4)n3)ccc2N1. The number of hydrogen-bond donors (Lipinski definition) is 3. The molecule has 3 heterocycles. The van der Waals surface area contributed by atoms with Crippen LogP contribution in [-0.4, -0.2) is 34.6 Å². The molecule has 0 aliphatic carbocycles. The van der Waals surface area contributed by atoms with Crippen molar-refractivity contribution in [1.82, 2.24) is 4.98 Å². The maximum absolute atomic E-state index is 12.6. The second kappa shape index (κ2) is 7.34. The van der Waals surface area contributed by atoms with Gasteiger partial charge in [-0.3, -0.25) is 14.9 Å². The number of fused-ring (bicyclic) bond motifs is 2. The number of rotatable bonds is 3. The first kappa shape index (κ1) is 18.4. The van der Waals surface area contributed by atoms with Crippen LogP contribution in [0.1, 0.15) is 12.0 Å². The quantitative estimate of drug-likeness (QED) is 0.597. The van der Waals surface area contributed by atoms with E-state index < -0.39 is 6.10 Å². The number of ether oxygens (including phenoxy) is 2. The lowest BCUT2D eigenvalue weighted by molar-refractivity contribution is -0.125. The minimum atomic E-state index is -0.848. The summed E-state index contributed by atoms with van der Waals surface area (Å²) in [5.74, 6) is 0.491. The predicted molar refractivity (Wildman–Crippen MR) is 111 cm³/mol. The highest BCUT2D eigenvalue weighted by Crippen LogP contribution is 2.35. The number of aromatic hydroxyl groups is 1. The number of benzene rings is 2. The number of thiazole rings is 1. The third-order valence-corrected chi connectivity index (χ3v) is 5.67. The van der Waals surface area contributed by atoms with Gasteiger partial charge in [-0.05, 0) is 36.2 Å². The van der Waals surface area contributed by atoms with E-state index >= 15 is 0 Å². The van der Waals surface area contributed by atoms with Gasteiger partial charge in [0, 0.05) is 29.1 Å². The number of phenols is 1. The Balaban J connectivity index is 1.28. The van der Waals surface area contributed by atoms with Crippen LogP contribution in [0.15, 0.2) is 41.8 Å². The molecule has 0 spiro atoms. The van der Waals surface area contributed by atoms with Crippen LogP contribution in [0.5, 0.6) is 17.2 Å². The van der Waals surface area contributed by atoms with Gasteiger partial charge in [-0.15, -0.1) is 11.3 Å². The standard InChI is InChI=1S/C21H17N3O5S/c25-13-3-5-16-17(8-13)29-18(9-28-16)20(27)24-21-23-15(10-30-21)12-1-4-14-11(7-12)2-6-19(26)22-14/h1,3-5,7-8,10,18,25H,2,6,9H2,(H,22,26)(H,23,24,27). The van der Waals surface area contributed by atoms with Crippen LogP contribution in [0.2, 0.25) is 0 Å². The zero-order valence-electron chi connectivity index (χ0n) is 15.7. The van der Waals surface area contributed by atoms with Gasteiger partial charge < -0.3 is 19.9 Å². The molecular formula is C21H17N3O5S. The van der Waals surface area contributed by atoms with E-state index in [1.807, 2.05) is 23.6 Å². The average molecular weight is 423 g/mol. The first-order valence-electron chi connectivity index (χ1n) is 9.37. The van der Waals surface area contributed by atoms with Crippen LogP contribution in [0.3, 0.4) is 0 Å². The van der Waals surface area contributed by atoms with Crippen molar-refractivity contribution in [3.63, 3.8) is 0 Å². The van der Waals surface area contributed by atoms with Crippen LogP contribution >= 0.6 is 11.3 Å². The van der Waals surface area contributed by atoms with Gasteiger partial charge in [0.05, 0.1) is 5.69 Å². The molecule has 5 rings (SSSR count). The van der Waals surface area contributed by atoms with E-state index in [1.54, 1.807) is 6.07 Å². The molecule has 1 unspecified atom stereocenters. The van der Waals surface area contributed by atoms with Crippen LogP contribution < -0.4 is 20.1 Å². The zero-order chi connectivity index (χ0) is 20.7. The zero-order valence-corrected chi connectivity index (χ0v) is 16.5. The van der Waals surface area contributed by atoms with Crippen molar-refractivity contribution in [3.05, 3.63) is 47.3 Å². The molecule has 9 heteroatoms. The molecule has 152 valence electrons. The first-order chi connectivity index (χ1) is 14.5. The summed E-state index contributed by atoms with van der Waals surface area (Å²) in [6, 6.07) is 10.3. The fraction of sp³-hybridized carbons (Fsp3) is 0.190. The molecule has 2 aliphatic heterocycles. The van der Waals surface area contributed by atoms with E-state index in [1.165, 1.54) is 23.5 Å². The summed E-state index contributed by atoms with van der Waals surface area (Å²) in [5.41, 5.74) is 3.56. The maximum atomic E-state index is 12.6. The number of nitrogens with one attached hydrogen (secondary N) is 2. The smallest absolute Gasteiger partial charge is 0.270 e. The molecule has 3 aromatic rings. The molecule has 8 nitrogen and oxygen atoms in total. The number of carbonyl (C=O) groups is 2. The summed E-state index contributed by atoms with van der Waals surface area (Å²) in [5, 5.41) is 17.5. The van der Waals surface area contributed by atoms with Crippen LogP contribution in [-0.2, 0) is 16.0 Å². The third kappa shape index (κ3) is 3.55. The largest absolute Gasteiger partial charge is 0.508 e. The van der Waals surface area contributed by atoms with Gasteiger partial charge in [0.15, 0.2) is 16.6 Å². The average Bonchev–Trinajstić information content (AvgIpc) is 3.21. The molecule has 2 amide bonds. The molecule has 2 aliphatic rings. The van der Waals surface area contributed by atoms with Gasteiger partial charge in [0.25, 0.3) is 5.91 Å². The summed E-state index contributed by atoms with van der Waals surface area (Å²) >= 11 is 1.31. The van der Waals surface area contributed by atoms with Crippen molar-refractivity contribution in [1.29, 1.82) is 0 Å². The summed E-state index contributed by atoms with van der Waals surface area (Å²) < 4.78 is 11.2. The van der Waals surface area contributed by atoms with E-state index in [0.717, 1.165) is 22.5 Å². The number of amides is 2. The fourth-order valence-electron chi connectivity index (χ4n) is 3.38. The summed E-state index contributed by atoms with van der Waals surface area (Å²) in [6.45, 7) is 0.0678. The van der Waals surface area contributed by atoms with Crippen LogP contribution in [0, 0.1) is 0 Å². The van der Waals surface area contributed by atoms with Gasteiger partial charge in [-0.1, -0.05) is 6.07 Å². The van der Waals surface area contributed by atoms with Crippen molar-refractivity contribution >= 4 is 34.0 Å². The highest BCUT2D eigenvalue weighted by molar-refractivity contribution is 7.14. The molecule has 0 fully saturated rings. The lowest BCUT2D eigenvalue weighted by Gasteiger charge is -2.25. The Morgan fingerprint density at radius 1 is 1.20 bits per heavy atom. The first-order valence-corrected chi connectivity index (χ1v) is 10.2. The van der Waals surface area contributed by atoms with E-state index in [0.29, 0.717) is 29.5 Å². The molecule has 2 aromatic carbocycles. The predicted octanol–water partition coefficient (Wildman–Crippen LogP) is 3.18. The summed E-state index contributed by atoms with van der Waals surface area (Å²) in [7, 11) is 0. The Bertz CT molecular complexity index is 1160. The Morgan fingerprint density at radius 3 is 3.00 bits per heavy atom. The van der Waals surface area contributed by atoms with Crippen molar-refractivity contribution in [2.75, 3.05) is 17.2 Å². The van der Waals surface area contributed by atoms with Crippen LogP contribution in [0.4, 0.5) is 10.8 Å². The third-order valence-electron chi connectivity index (χ3n) is 4.91. The van der Waals surface area contributed by atoms with Crippen molar-refractivity contribution in [3.8, 4) is 28.5 Å². The fourth-order valence-corrected chi connectivity index (χ4v) is 4.11. The summed E-state index contributed by atoms with van der Waals surface area (Å²) in [6.07, 6.45) is 0.317. The van der Waals surface area contributed by atoms with Gasteiger partial charge in [-0.25, -0.2) is 4.98 Å². The molecule has 1 atom stereocenters. The van der Waals surface area contributed by atoms with Gasteiger partial charge in [0.2, 0.25) is 12.0 Å². The second-order valence-electron chi connectivity index (χ2n) is 7.00. The highest BCUT2D eigenvalue weighted by atomic mass is 32.1. The van der Waals surface area contributed by atoms with Crippen molar-refractivity contribution in [2.24, 2.45) is 0 Å². The normalized spacial score (nSPS) is 17.1. The molecule has 0 bridgehead atoms. The molecule has 0 saturated heterocycles. The van der Waals surface area contributed by atoms with Crippen molar-refractivity contribution < 1.29 is 24.2 Å². The topological polar surface area (TPSA) is 110 Å². The Kier molecular flexibility index (Phi) is 4.51. The van der Waals surface area contributed by atoms with Crippen LogP contribution in [0.25, 0.3) is 11.3 Å². The molecule has 1 aromatic heterocycles. The number of phenolic OH excluding ortho intramolecular Hbond substituents is 1. The number of aryl methyl sites for hydroxylation is 1. The Morgan fingerprint density at radius 2 is 2.10 bits per heavy atom. The monoisotopic (exact) mass is 423 g/mol. The number of hydrogen-bond acceptors (Lipinski definition) is 7. The second-order valence-corrected chi connectivity index (χ2v) is 7.85. The lowest BCUT2D eigenvalue weighted by atomic mass is 9.99. The van der Waals surface area contributed by atoms with Crippen molar-refractivity contribution in [2.45, 2.75) is 18.9 Å². The number of carbonyl (C=O) groups excluding carboxylic acids is 2. The molecule has 0 saturated carbocycles. The van der Waals surface area contributed by atoms with E-state index in [-0.39, 0.29) is 24.2 Å². The van der Waals surface area contributed by atoms with Gasteiger partial charge in [0.1, 0.15) is 12.4 Å². The Labute approximate surface area is 175 Å². The molecule has 30 heavy (non-hydrogen) atoms. The van der Waals surface area contributed by atoms with E-state index in [9.17, 15) is 14.7 Å². The summed E-state index contributed by atoms with van der Waals surface area (Å²) in [4.78, 5) is 28.6. The molecule has 0 radical (unpaired) electrons. The number of nitrogens with zero attached hydrogens (tertiary/aromatic N) is 1. The van der Waals surface area contributed by atoms with Gasteiger partial charge >= 0.3 is 0 Å². The van der Waals surface area contributed by atoms with E-state index in [4.69, 9.17) is 9.47 Å².